The zero-order valence-corrected chi connectivity index (χ0v) is 16.2. The number of halogens is 3. The van der Waals surface area contributed by atoms with E-state index in [1.165, 1.54) is 18.2 Å². The van der Waals surface area contributed by atoms with Crippen molar-refractivity contribution < 1.29 is 32.0 Å². The molecule has 30 heavy (non-hydrogen) atoms. The molecular formula is C21H19F3N2O4. The molecule has 0 spiro atoms. The van der Waals surface area contributed by atoms with E-state index >= 15 is 0 Å². The van der Waals surface area contributed by atoms with E-state index in [0.29, 0.717) is 22.9 Å². The van der Waals surface area contributed by atoms with Crippen molar-refractivity contribution in [1.29, 1.82) is 0 Å². The zero-order chi connectivity index (χ0) is 21.7. The van der Waals surface area contributed by atoms with Gasteiger partial charge in [0.1, 0.15) is 23.9 Å². The smallest absolute Gasteiger partial charge is 0.422 e. The maximum absolute atomic E-state index is 12.7. The fourth-order valence-corrected chi connectivity index (χ4v) is 2.67. The Hall–Kier alpha value is -3.49. The highest BCUT2D eigenvalue weighted by Gasteiger charge is 2.28. The van der Waals surface area contributed by atoms with E-state index in [2.05, 4.69) is 10.5 Å². The SMILES string of the molecule is Cc1noc(C)c1COc1ccccc1C(=O)Nc1cccc(OCC(F)(F)F)c1. The van der Waals surface area contributed by atoms with Crippen LogP contribution in [0.2, 0.25) is 0 Å². The lowest BCUT2D eigenvalue weighted by Crippen LogP contribution is -2.19. The minimum atomic E-state index is -4.45. The summed E-state index contributed by atoms with van der Waals surface area (Å²) in [5.74, 6) is 0.495. The monoisotopic (exact) mass is 420 g/mol. The van der Waals surface area contributed by atoms with Crippen LogP contribution in [-0.4, -0.2) is 23.8 Å². The number of hydrogen-bond acceptors (Lipinski definition) is 5. The van der Waals surface area contributed by atoms with Crippen molar-refractivity contribution in [3.63, 3.8) is 0 Å². The molecule has 0 atom stereocenters. The van der Waals surface area contributed by atoms with Crippen LogP contribution in [0, 0.1) is 13.8 Å². The Labute approximate surface area is 170 Å². The molecule has 3 aromatic rings. The fraction of sp³-hybridized carbons (Fsp3) is 0.238. The Morgan fingerprint density at radius 3 is 2.57 bits per heavy atom. The van der Waals surface area contributed by atoms with Gasteiger partial charge in [-0.1, -0.05) is 23.4 Å². The lowest BCUT2D eigenvalue weighted by atomic mass is 10.1. The van der Waals surface area contributed by atoms with Gasteiger partial charge >= 0.3 is 6.18 Å². The Bertz CT molecular complexity index is 1010. The van der Waals surface area contributed by atoms with Crippen LogP contribution in [0.25, 0.3) is 0 Å². The molecule has 1 heterocycles. The summed E-state index contributed by atoms with van der Waals surface area (Å²) in [5.41, 5.74) is 2.05. The largest absolute Gasteiger partial charge is 0.488 e. The molecule has 2 aromatic carbocycles. The molecule has 1 amide bonds. The first-order valence-electron chi connectivity index (χ1n) is 8.97. The van der Waals surface area contributed by atoms with Gasteiger partial charge in [-0.15, -0.1) is 0 Å². The number of anilines is 1. The summed E-state index contributed by atoms with van der Waals surface area (Å²) in [5, 5.41) is 6.50. The second-order valence-corrected chi connectivity index (χ2v) is 6.47. The first kappa shape index (κ1) is 21.2. The first-order valence-corrected chi connectivity index (χ1v) is 8.97. The van der Waals surface area contributed by atoms with Gasteiger partial charge in [0.25, 0.3) is 5.91 Å². The molecular weight excluding hydrogens is 401 g/mol. The molecule has 0 fully saturated rings. The highest BCUT2D eigenvalue weighted by molar-refractivity contribution is 6.06. The number of carbonyl (C=O) groups is 1. The molecule has 158 valence electrons. The number of nitrogens with one attached hydrogen (secondary N) is 1. The summed E-state index contributed by atoms with van der Waals surface area (Å²) >= 11 is 0. The molecule has 0 saturated heterocycles. The summed E-state index contributed by atoms with van der Waals surface area (Å²) < 4.78 is 52.6. The number of aryl methyl sites for hydroxylation is 2. The maximum atomic E-state index is 12.7. The normalized spacial score (nSPS) is 11.2. The van der Waals surface area contributed by atoms with E-state index in [-0.39, 0.29) is 17.9 Å². The van der Waals surface area contributed by atoms with Crippen molar-refractivity contribution in [2.75, 3.05) is 11.9 Å². The summed E-state index contributed by atoms with van der Waals surface area (Å²) in [6.45, 7) is 2.32. The number of rotatable bonds is 7. The maximum Gasteiger partial charge on any atom is 0.422 e. The molecule has 9 heteroatoms. The third kappa shape index (κ3) is 5.53. The van der Waals surface area contributed by atoms with Crippen molar-refractivity contribution in [3.8, 4) is 11.5 Å². The quantitative estimate of drug-likeness (QED) is 0.578. The van der Waals surface area contributed by atoms with Gasteiger partial charge in [0.05, 0.1) is 16.8 Å². The van der Waals surface area contributed by atoms with E-state index in [0.717, 1.165) is 5.56 Å². The van der Waals surface area contributed by atoms with Gasteiger partial charge in [-0.25, -0.2) is 0 Å². The summed E-state index contributed by atoms with van der Waals surface area (Å²) in [6.07, 6.45) is -4.45. The van der Waals surface area contributed by atoms with Crippen LogP contribution in [0.15, 0.2) is 53.1 Å². The van der Waals surface area contributed by atoms with Gasteiger partial charge in [-0.3, -0.25) is 4.79 Å². The van der Waals surface area contributed by atoms with E-state index < -0.39 is 18.7 Å². The number of amides is 1. The van der Waals surface area contributed by atoms with Gasteiger partial charge in [0.2, 0.25) is 0 Å². The summed E-state index contributed by atoms with van der Waals surface area (Å²) in [7, 11) is 0. The first-order chi connectivity index (χ1) is 14.2. The minimum Gasteiger partial charge on any atom is -0.488 e. The summed E-state index contributed by atoms with van der Waals surface area (Å²) in [4.78, 5) is 12.7. The zero-order valence-electron chi connectivity index (χ0n) is 16.2. The highest BCUT2D eigenvalue weighted by atomic mass is 19.4. The standard InChI is InChI=1S/C21H19F3N2O4/c1-13-18(14(2)30-26-13)11-28-19-9-4-3-8-17(19)20(27)25-15-6-5-7-16(10-15)29-12-21(22,23)24/h3-10H,11-12H2,1-2H3,(H,25,27). The van der Waals surface area contributed by atoms with Crippen molar-refractivity contribution >= 4 is 11.6 Å². The fourth-order valence-electron chi connectivity index (χ4n) is 2.67. The van der Waals surface area contributed by atoms with Gasteiger partial charge in [-0.2, -0.15) is 13.2 Å². The van der Waals surface area contributed by atoms with E-state index in [9.17, 15) is 18.0 Å². The molecule has 3 rings (SSSR count). The molecule has 0 aliphatic carbocycles. The van der Waals surface area contributed by atoms with Gasteiger partial charge < -0.3 is 19.3 Å². The molecule has 0 saturated carbocycles. The van der Waals surface area contributed by atoms with Crippen LogP contribution >= 0.6 is 0 Å². The molecule has 0 radical (unpaired) electrons. The molecule has 0 bridgehead atoms. The average molecular weight is 420 g/mol. The van der Waals surface area contributed by atoms with Crippen LogP contribution < -0.4 is 14.8 Å². The Kier molecular flexibility index (Phi) is 6.29. The minimum absolute atomic E-state index is 0.00642. The van der Waals surface area contributed by atoms with E-state index in [1.54, 1.807) is 44.2 Å². The van der Waals surface area contributed by atoms with Gasteiger partial charge in [0.15, 0.2) is 6.61 Å². The second-order valence-electron chi connectivity index (χ2n) is 6.47. The summed E-state index contributed by atoms with van der Waals surface area (Å²) in [6, 6.07) is 12.4. The molecule has 1 N–H and O–H groups in total. The van der Waals surface area contributed by atoms with Crippen molar-refractivity contribution in [2.24, 2.45) is 0 Å². The van der Waals surface area contributed by atoms with Crippen LogP contribution in [0.5, 0.6) is 11.5 Å². The van der Waals surface area contributed by atoms with E-state index in [1.807, 2.05) is 0 Å². The van der Waals surface area contributed by atoms with Gasteiger partial charge in [0, 0.05) is 11.8 Å². The molecule has 1 aromatic heterocycles. The number of benzene rings is 2. The number of alkyl halides is 3. The number of carbonyl (C=O) groups excluding carboxylic acids is 1. The predicted octanol–water partition coefficient (Wildman–Crippen LogP) is 5.06. The third-order valence-electron chi connectivity index (χ3n) is 4.18. The number of hydrogen-bond donors (Lipinski definition) is 1. The van der Waals surface area contributed by atoms with Gasteiger partial charge in [-0.05, 0) is 38.1 Å². The number of nitrogens with zero attached hydrogens (tertiary/aromatic N) is 1. The van der Waals surface area contributed by atoms with Crippen molar-refractivity contribution in [3.05, 3.63) is 71.1 Å². The van der Waals surface area contributed by atoms with Crippen LogP contribution in [-0.2, 0) is 6.61 Å². The Balaban J connectivity index is 1.70. The second kappa shape index (κ2) is 8.89. The number of para-hydroxylation sites is 1. The molecule has 0 aliphatic rings. The third-order valence-corrected chi connectivity index (χ3v) is 4.18. The van der Waals surface area contributed by atoms with Crippen molar-refractivity contribution in [1.82, 2.24) is 5.16 Å². The van der Waals surface area contributed by atoms with E-state index in [4.69, 9.17) is 14.0 Å². The van der Waals surface area contributed by atoms with Crippen LogP contribution in [0.4, 0.5) is 18.9 Å². The molecule has 6 nitrogen and oxygen atoms in total. The molecule has 0 aliphatic heterocycles. The Morgan fingerprint density at radius 1 is 1.10 bits per heavy atom. The lowest BCUT2D eigenvalue weighted by molar-refractivity contribution is -0.153. The topological polar surface area (TPSA) is 73.6 Å². The lowest BCUT2D eigenvalue weighted by Gasteiger charge is -2.13. The van der Waals surface area contributed by atoms with Crippen LogP contribution in [0.3, 0.4) is 0 Å². The average Bonchev–Trinajstić information content (AvgIpc) is 3.02. The predicted molar refractivity (Wildman–Crippen MR) is 103 cm³/mol. The van der Waals surface area contributed by atoms with Crippen molar-refractivity contribution in [2.45, 2.75) is 26.6 Å². The number of aromatic nitrogens is 1. The Morgan fingerprint density at radius 2 is 1.87 bits per heavy atom. The highest BCUT2D eigenvalue weighted by Crippen LogP contribution is 2.25. The number of ether oxygens (including phenoxy) is 2. The molecule has 0 unspecified atom stereocenters. The van der Waals surface area contributed by atoms with Crippen LogP contribution in [0.1, 0.15) is 27.4 Å².